The predicted molar refractivity (Wildman–Crippen MR) is 103 cm³/mol. The van der Waals surface area contributed by atoms with E-state index in [0.29, 0.717) is 18.8 Å². The van der Waals surface area contributed by atoms with Crippen molar-refractivity contribution in [1.29, 1.82) is 0 Å². The first-order valence-corrected chi connectivity index (χ1v) is 9.18. The molecular formula is C19H21BrFN3O3. The van der Waals surface area contributed by atoms with Gasteiger partial charge in [-0.1, -0.05) is 35.0 Å². The lowest BCUT2D eigenvalue weighted by atomic mass is 10.2. The molecule has 0 atom stereocenters. The van der Waals surface area contributed by atoms with E-state index in [1.165, 1.54) is 12.1 Å². The first kappa shape index (κ1) is 20.9. The molecule has 0 saturated carbocycles. The second-order valence-electron chi connectivity index (χ2n) is 5.77. The summed E-state index contributed by atoms with van der Waals surface area (Å²) in [5.74, 6) is -0.609. The van der Waals surface area contributed by atoms with Gasteiger partial charge >= 0.3 is 0 Å². The molecule has 2 aromatic carbocycles. The van der Waals surface area contributed by atoms with Crippen molar-refractivity contribution < 1.29 is 18.7 Å². The number of likely N-dealkylation sites (N-methyl/N-ethyl adjacent to an activating group) is 1. The molecule has 0 aliphatic carbocycles. The number of amides is 2. The molecule has 144 valence electrons. The molecular weight excluding hydrogens is 417 g/mol. The van der Waals surface area contributed by atoms with Crippen molar-refractivity contribution in [3.63, 3.8) is 0 Å². The maximum Gasteiger partial charge on any atom is 0.276 e. The van der Waals surface area contributed by atoms with Crippen molar-refractivity contribution in [3.8, 4) is 5.75 Å². The van der Waals surface area contributed by atoms with E-state index < -0.39 is 5.91 Å². The monoisotopic (exact) mass is 437 g/mol. The van der Waals surface area contributed by atoms with Gasteiger partial charge in [0.05, 0.1) is 6.54 Å². The Hall–Kier alpha value is -2.45. The van der Waals surface area contributed by atoms with Crippen LogP contribution in [0.2, 0.25) is 0 Å². The third-order valence-electron chi connectivity index (χ3n) is 3.63. The molecule has 0 aromatic heterocycles. The van der Waals surface area contributed by atoms with Crippen molar-refractivity contribution in [3.05, 3.63) is 64.4 Å². The highest BCUT2D eigenvalue weighted by atomic mass is 79.9. The van der Waals surface area contributed by atoms with Gasteiger partial charge in [-0.3, -0.25) is 25.3 Å². The van der Waals surface area contributed by atoms with Crippen molar-refractivity contribution in [2.75, 3.05) is 19.7 Å². The summed E-state index contributed by atoms with van der Waals surface area (Å²) in [5, 5.41) is 0. The van der Waals surface area contributed by atoms with E-state index in [4.69, 9.17) is 4.74 Å². The van der Waals surface area contributed by atoms with Gasteiger partial charge in [-0.25, -0.2) is 4.39 Å². The zero-order chi connectivity index (χ0) is 19.6. The van der Waals surface area contributed by atoms with Crippen LogP contribution in [0.1, 0.15) is 12.5 Å². The van der Waals surface area contributed by atoms with E-state index in [-0.39, 0.29) is 24.9 Å². The number of nitrogens with one attached hydrogen (secondary N) is 2. The van der Waals surface area contributed by atoms with Gasteiger partial charge in [0.15, 0.2) is 6.61 Å². The number of nitrogens with zero attached hydrogens (tertiary/aromatic N) is 1. The minimum atomic E-state index is -0.473. The van der Waals surface area contributed by atoms with Crippen LogP contribution in [-0.4, -0.2) is 36.4 Å². The average Bonchev–Trinajstić information content (AvgIpc) is 2.65. The molecule has 8 heteroatoms. The smallest absolute Gasteiger partial charge is 0.276 e. The summed E-state index contributed by atoms with van der Waals surface area (Å²) >= 11 is 3.31. The fourth-order valence-corrected chi connectivity index (χ4v) is 2.54. The number of rotatable bonds is 8. The molecule has 0 saturated heterocycles. The number of ether oxygens (including phenoxy) is 1. The molecule has 27 heavy (non-hydrogen) atoms. The fourth-order valence-electron chi connectivity index (χ4n) is 2.27. The van der Waals surface area contributed by atoms with Crippen LogP contribution in [0.5, 0.6) is 5.75 Å². The number of halogens is 2. The molecule has 0 bridgehead atoms. The molecule has 0 unspecified atom stereocenters. The van der Waals surface area contributed by atoms with Crippen LogP contribution < -0.4 is 15.6 Å². The number of hydrogen-bond donors (Lipinski definition) is 2. The second kappa shape index (κ2) is 10.6. The van der Waals surface area contributed by atoms with E-state index >= 15 is 0 Å². The molecule has 2 amide bonds. The first-order chi connectivity index (χ1) is 13.0. The van der Waals surface area contributed by atoms with E-state index in [0.717, 1.165) is 10.0 Å². The molecule has 0 spiro atoms. The molecule has 0 aliphatic rings. The first-order valence-electron chi connectivity index (χ1n) is 8.39. The third kappa shape index (κ3) is 7.76. The number of hydrogen-bond acceptors (Lipinski definition) is 4. The minimum absolute atomic E-state index is 0.0703. The van der Waals surface area contributed by atoms with Crippen LogP contribution in [0.4, 0.5) is 4.39 Å². The van der Waals surface area contributed by atoms with Crippen LogP contribution in [-0.2, 0) is 16.1 Å². The molecule has 0 aliphatic heterocycles. The highest BCUT2D eigenvalue weighted by molar-refractivity contribution is 9.10. The quantitative estimate of drug-likeness (QED) is 0.622. The van der Waals surface area contributed by atoms with Crippen molar-refractivity contribution >= 4 is 27.7 Å². The molecule has 0 heterocycles. The Morgan fingerprint density at radius 1 is 1.11 bits per heavy atom. The molecule has 0 fully saturated rings. The lowest BCUT2D eigenvalue weighted by Gasteiger charge is -2.20. The van der Waals surface area contributed by atoms with Crippen LogP contribution in [0, 0.1) is 5.82 Å². The number of benzene rings is 2. The predicted octanol–water partition coefficient (Wildman–Crippen LogP) is 2.64. The van der Waals surface area contributed by atoms with Crippen LogP contribution in [0.25, 0.3) is 0 Å². The standard InChI is InChI=1S/C19H21BrFN3O3/c1-2-24(11-14-4-3-5-16(21)10-14)12-18(25)22-23-19(26)13-27-17-8-6-15(20)7-9-17/h3-10H,2,11-13H2,1H3,(H,22,25)(H,23,26). The summed E-state index contributed by atoms with van der Waals surface area (Å²) in [7, 11) is 0. The maximum atomic E-state index is 13.2. The fraction of sp³-hybridized carbons (Fsp3) is 0.263. The Kier molecular flexibility index (Phi) is 8.22. The van der Waals surface area contributed by atoms with Gasteiger partial charge in [-0.05, 0) is 48.5 Å². The topological polar surface area (TPSA) is 70.7 Å². The SMILES string of the molecule is CCN(CC(=O)NNC(=O)COc1ccc(Br)cc1)Cc1cccc(F)c1. The average molecular weight is 438 g/mol. The van der Waals surface area contributed by atoms with Crippen LogP contribution in [0.3, 0.4) is 0 Å². The van der Waals surface area contributed by atoms with Crippen LogP contribution in [0.15, 0.2) is 53.0 Å². The van der Waals surface area contributed by atoms with Crippen LogP contribution >= 0.6 is 15.9 Å². The summed E-state index contributed by atoms with van der Waals surface area (Å²) in [6.45, 7) is 2.79. The molecule has 2 aromatic rings. The Morgan fingerprint density at radius 2 is 1.81 bits per heavy atom. The third-order valence-corrected chi connectivity index (χ3v) is 4.16. The molecule has 0 radical (unpaired) electrons. The highest BCUT2D eigenvalue weighted by Gasteiger charge is 2.11. The number of carbonyl (C=O) groups excluding carboxylic acids is 2. The van der Waals surface area contributed by atoms with Crippen molar-refractivity contribution in [2.45, 2.75) is 13.5 Å². The van der Waals surface area contributed by atoms with Gasteiger partial charge in [-0.15, -0.1) is 0 Å². The summed E-state index contributed by atoms with van der Waals surface area (Å²) in [6.07, 6.45) is 0. The van der Waals surface area contributed by atoms with Gasteiger partial charge in [0.2, 0.25) is 0 Å². The van der Waals surface area contributed by atoms with Crippen molar-refractivity contribution in [1.82, 2.24) is 15.8 Å². The largest absolute Gasteiger partial charge is 0.484 e. The van der Waals surface area contributed by atoms with Gasteiger partial charge in [0.1, 0.15) is 11.6 Å². The Morgan fingerprint density at radius 3 is 2.48 bits per heavy atom. The zero-order valence-electron chi connectivity index (χ0n) is 14.9. The van der Waals surface area contributed by atoms with Crippen molar-refractivity contribution in [2.24, 2.45) is 0 Å². The Balaban J connectivity index is 1.71. The minimum Gasteiger partial charge on any atom is -0.484 e. The summed E-state index contributed by atoms with van der Waals surface area (Å²) < 4.78 is 19.5. The summed E-state index contributed by atoms with van der Waals surface area (Å²) in [4.78, 5) is 25.6. The van der Waals surface area contributed by atoms with Gasteiger partial charge in [0, 0.05) is 11.0 Å². The van der Waals surface area contributed by atoms with Gasteiger partial charge in [-0.2, -0.15) is 0 Å². The Bertz CT molecular complexity index is 771. The van der Waals surface area contributed by atoms with E-state index in [1.807, 2.05) is 11.8 Å². The highest BCUT2D eigenvalue weighted by Crippen LogP contribution is 2.15. The number of hydrazine groups is 1. The molecule has 2 rings (SSSR count). The lowest BCUT2D eigenvalue weighted by Crippen LogP contribution is -2.47. The normalized spacial score (nSPS) is 10.5. The lowest BCUT2D eigenvalue weighted by molar-refractivity contribution is -0.130. The zero-order valence-corrected chi connectivity index (χ0v) is 16.5. The van der Waals surface area contributed by atoms with E-state index in [9.17, 15) is 14.0 Å². The van der Waals surface area contributed by atoms with E-state index in [2.05, 4.69) is 26.8 Å². The second-order valence-corrected chi connectivity index (χ2v) is 6.69. The Labute approximate surface area is 165 Å². The molecule has 6 nitrogen and oxygen atoms in total. The summed E-state index contributed by atoms with van der Waals surface area (Å²) in [5.41, 5.74) is 5.43. The maximum absolute atomic E-state index is 13.2. The molecule has 2 N–H and O–H groups in total. The van der Waals surface area contributed by atoms with Gasteiger partial charge < -0.3 is 4.74 Å². The van der Waals surface area contributed by atoms with E-state index in [1.54, 1.807) is 36.4 Å². The number of carbonyl (C=O) groups is 2. The van der Waals surface area contributed by atoms with Gasteiger partial charge in [0.25, 0.3) is 11.8 Å². The summed E-state index contributed by atoms with van der Waals surface area (Å²) in [6, 6.07) is 13.3.